The molecule has 0 radical (unpaired) electrons. The average Bonchev–Trinajstić information content (AvgIpc) is 3.17. The molecular formula is C20H21N7. The van der Waals surface area contributed by atoms with E-state index in [1.54, 1.807) is 13.3 Å². The van der Waals surface area contributed by atoms with Crippen LogP contribution in [-0.2, 0) is 0 Å². The number of nitrogens with zero attached hydrogens (tertiary/aromatic N) is 5. The molecule has 3 heterocycles. The SMILES string of the molecule is CC(=Nc1cccc(C2CCCN(c3ncnc4[nH]ccc34)C2)c1)NC#N. The van der Waals surface area contributed by atoms with Crippen molar-refractivity contribution in [1.29, 1.82) is 5.26 Å². The zero-order valence-corrected chi connectivity index (χ0v) is 15.2. The predicted octanol–water partition coefficient (Wildman–Crippen LogP) is 3.46. The molecule has 0 bridgehead atoms. The van der Waals surface area contributed by atoms with Crippen molar-refractivity contribution >= 4 is 28.4 Å². The predicted molar refractivity (Wildman–Crippen MR) is 106 cm³/mol. The first-order chi connectivity index (χ1) is 13.2. The number of anilines is 1. The Bertz CT molecular complexity index is 1010. The molecule has 0 aliphatic carbocycles. The Kier molecular flexibility index (Phi) is 4.71. The largest absolute Gasteiger partial charge is 0.355 e. The molecule has 0 saturated carbocycles. The molecule has 4 rings (SSSR count). The summed E-state index contributed by atoms with van der Waals surface area (Å²) in [6.07, 6.45) is 7.68. The maximum atomic E-state index is 8.71. The zero-order valence-electron chi connectivity index (χ0n) is 15.2. The van der Waals surface area contributed by atoms with Crippen LogP contribution >= 0.6 is 0 Å². The molecule has 1 aromatic carbocycles. The number of hydrogen-bond acceptors (Lipinski definition) is 5. The first-order valence-electron chi connectivity index (χ1n) is 9.08. The highest BCUT2D eigenvalue weighted by molar-refractivity contribution is 5.87. The molecule has 7 nitrogen and oxygen atoms in total. The van der Waals surface area contributed by atoms with Gasteiger partial charge in [-0.3, -0.25) is 5.32 Å². The second-order valence-corrected chi connectivity index (χ2v) is 6.75. The van der Waals surface area contributed by atoms with Gasteiger partial charge in [-0.15, -0.1) is 0 Å². The second kappa shape index (κ2) is 7.46. The molecule has 1 atom stereocenters. The monoisotopic (exact) mass is 359 g/mol. The number of H-pyrrole nitrogens is 1. The van der Waals surface area contributed by atoms with Crippen LogP contribution in [0.5, 0.6) is 0 Å². The lowest BCUT2D eigenvalue weighted by atomic mass is 9.90. The van der Waals surface area contributed by atoms with Gasteiger partial charge in [-0.1, -0.05) is 12.1 Å². The molecule has 0 spiro atoms. The summed E-state index contributed by atoms with van der Waals surface area (Å²) >= 11 is 0. The van der Waals surface area contributed by atoms with E-state index < -0.39 is 0 Å². The molecule has 2 N–H and O–H groups in total. The third-order valence-corrected chi connectivity index (χ3v) is 4.93. The lowest BCUT2D eigenvalue weighted by molar-refractivity contribution is 0.508. The third-order valence-electron chi connectivity index (χ3n) is 4.93. The number of nitriles is 1. The second-order valence-electron chi connectivity index (χ2n) is 6.75. The van der Waals surface area contributed by atoms with E-state index in [0.29, 0.717) is 11.8 Å². The number of aromatic nitrogens is 3. The van der Waals surface area contributed by atoms with Crippen molar-refractivity contribution in [2.75, 3.05) is 18.0 Å². The average molecular weight is 359 g/mol. The van der Waals surface area contributed by atoms with Gasteiger partial charge in [0.1, 0.15) is 23.6 Å². The number of aromatic amines is 1. The van der Waals surface area contributed by atoms with Gasteiger partial charge < -0.3 is 9.88 Å². The number of aliphatic imine (C=N–C) groups is 1. The van der Waals surface area contributed by atoms with Crippen molar-refractivity contribution in [3.8, 4) is 6.19 Å². The lowest BCUT2D eigenvalue weighted by Crippen LogP contribution is -2.35. The fourth-order valence-corrected chi connectivity index (χ4v) is 3.70. The van der Waals surface area contributed by atoms with Gasteiger partial charge in [0.25, 0.3) is 0 Å². The van der Waals surface area contributed by atoms with E-state index in [1.165, 1.54) is 5.56 Å². The summed E-state index contributed by atoms with van der Waals surface area (Å²) in [5.74, 6) is 2.01. The van der Waals surface area contributed by atoms with Crippen molar-refractivity contribution in [1.82, 2.24) is 20.3 Å². The molecule has 7 heteroatoms. The third kappa shape index (κ3) is 3.60. The molecule has 1 aliphatic rings. The number of benzene rings is 1. The van der Waals surface area contributed by atoms with E-state index in [-0.39, 0.29) is 0 Å². The van der Waals surface area contributed by atoms with Crippen molar-refractivity contribution in [3.63, 3.8) is 0 Å². The molecule has 1 saturated heterocycles. The van der Waals surface area contributed by atoms with Crippen LogP contribution in [0.15, 0.2) is 47.8 Å². The van der Waals surface area contributed by atoms with Crippen LogP contribution in [0.1, 0.15) is 31.2 Å². The highest BCUT2D eigenvalue weighted by atomic mass is 15.2. The van der Waals surface area contributed by atoms with E-state index in [1.807, 2.05) is 30.6 Å². The van der Waals surface area contributed by atoms with E-state index >= 15 is 0 Å². The Hall–Kier alpha value is -3.40. The molecule has 27 heavy (non-hydrogen) atoms. The summed E-state index contributed by atoms with van der Waals surface area (Å²) in [6.45, 7) is 3.70. The first-order valence-corrected chi connectivity index (χ1v) is 9.08. The Morgan fingerprint density at radius 2 is 2.30 bits per heavy atom. The first kappa shape index (κ1) is 17.0. The summed E-state index contributed by atoms with van der Waals surface area (Å²) in [5, 5.41) is 12.3. The van der Waals surface area contributed by atoms with Crippen LogP contribution in [0.25, 0.3) is 11.0 Å². The number of hydrogen-bond donors (Lipinski definition) is 2. The van der Waals surface area contributed by atoms with Crippen LogP contribution in [0.2, 0.25) is 0 Å². The van der Waals surface area contributed by atoms with Gasteiger partial charge >= 0.3 is 0 Å². The van der Waals surface area contributed by atoms with Gasteiger partial charge in [-0.2, -0.15) is 5.26 Å². The maximum absolute atomic E-state index is 8.71. The van der Waals surface area contributed by atoms with Gasteiger partial charge in [0.15, 0.2) is 6.19 Å². The Morgan fingerprint density at radius 1 is 1.37 bits per heavy atom. The quantitative estimate of drug-likeness (QED) is 0.323. The van der Waals surface area contributed by atoms with Crippen molar-refractivity contribution in [2.24, 2.45) is 4.99 Å². The Morgan fingerprint density at radius 3 is 3.19 bits per heavy atom. The highest BCUT2D eigenvalue weighted by Gasteiger charge is 2.24. The minimum Gasteiger partial charge on any atom is -0.355 e. The highest BCUT2D eigenvalue weighted by Crippen LogP contribution is 2.33. The minimum atomic E-state index is 0.419. The number of rotatable bonds is 3. The molecule has 2 aromatic heterocycles. The molecule has 1 aliphatic heterocycles. The molecule has 1 unspecified atom stereocenters. The van der Waals surface area contributed by atoms with Crippen molar-refractivity contribution in [3.05, 3.63) is 48.4 Å². The van der Waals surface area contributed by atoms with Gasteiger partial charge in [-0.05, 0) is 43.5 Å². The molecule has 1 fully saturated rings. The molecule has 136 valence electrons. The summed E-state index contributed by atoms with van der Waals surface area (Å²) in [6, 6.07) is 10.3. The lowest BCUT2D eigenvalue weighted by Gasteiger charge is -2.34. The van der Waals surface area contributed by atoms with Crippen LogP contribution in [0, 0.1) is 11.5 Å². The normalized spacial score (nSPS) is 17.7. The van der Waals surface area contributed by atoms with Crippen molar-refractivity contribution in [2.45, 2.75) is 25.7 Å². The molecular weight excluding hydrogens is 338 g/mol. The summed E-state index contributed by atoms with van der Waals surface area (Å²) in [4.78, 5) is 18.8. The van der Waals surface area contributed by atoms with Crippen LogP contribution < -0.4 is 10.2 Å². The summed E-state index contributed by atoms with van der Waals surface area (Å²) < 4.78 is 0. The summed E-state index contributed by atoms with van der Waals surface area (Å²) in [7, 11) is 0. The van der Waals surface area contributed by atoms with Gasteiger partial charge in [-0.25, -0.2) is 15.0 Å². The van der Waals surface area contributed by atoms with E-state index in [2.05, 4.69) is 42.3 Å². The minimum absolute atomic E-state index is 0.419. The van der Waals surface area contributed by atoms with Crippen LogP contribution in [-0.4, -0.2) is 33.9 Å². The number of piperidine rings is 1. The van der Waals surface area contributed by atoms with E-state index in [0.717, 1.165) is 48.5 Å². The fourth-order valence-electron chi connectivity index (χ4n) is 3.70. The van der Waals surface area contributed by atoms with Crippen LogP contribution in [0.3, 0.4) is 0 Å². The molecule has 0 amide bonds. The zero-order chi connectivity index (χ0) is 18.6. The Balaban J connectivity index is 1.58. The van der Waals surface area contributed by atoms with E-state index in [4.69, 9.17) is 5.26 Å². The number of nitrogens with one attached hydrogen (secondary N) is 2. The number of fused-ring (bicyclic) bond motifs is 1. The number of amidine groups is 1. The van der Waals surface area contributed by atoms with Gasteiger partial charge in [0, 0.05) is 25.2 Å². The standard InChI is InChI=1S/C20H21N7/c1-14(23-12-21)26-17-6-2-4-15(10-17)16-5-3-9-27(11-16)20-18-7-8-22-19(18)24-13-25-20/h2,4,6-8,10,13,16H,3,5,9,11H2,1H3,(H,23,26)(H,22,24,25). The van der Waals surface area contributed by atoms with Crippen LogP contribution in [0.4, 0.5) is 11.5 Å². The van der Waals surface area contributed by atoms with Gasteiger partial charge in [0.05, 0.1) is 11.1 Å². The fraction of sp³-hybridized carbons (Fsp3) is 0.300. The topological polar surface area (TPSA) is 93.0 Å². The summed E-state index contributed by atoms with van der Waals surface area (Å²) in [5.41, 5.74) is 3.00. The molecule has 3 aromatic rings. The van der Waals surface area contributed by atoms with Gasteiger partial charge in [0.2, 0.25) is 0 Å². The van der Waals surface area contributed by atoms with E-state index in [9.17, 15) is 0 Å². The Labute approximate surface area is 157 Å². The smallest absolute Gasteiger partial charge is 0.182 e. The maximum Gasteiger partial charge on any atom is 0.182 e. The van der Waals surface area contributed by atoms with Crippen molar-refractivity contribution < 1.29 is 0 Å².